The van der Waals surface area contributed by atoms with Crippen molar-refractivity contribution in [3.05, 3.63) is 41.5 Å². The monoisotopic (exact) mass is 276 g/mol. The molecule has 0 amide bonds. The number of aromatic nitrogens is 2. The number of ether oxygens (including phenoxy) is 1. The Hall–Kier alpha value is -2.37. The van der Waals surface area contributed by atoms with Crippen LogP contribution in [-0.2, 0) is 12.0 Å². The summed E-state index contributed by atoms with van der Waals surface area (Å²) < 4.78 is 10.6. The van der Waals surface area contributed by atoms with Gasteiger partial charge in [0.15, 0.2) is 6.61 Å². The number of aromatic carboxylic acids is 1. The van der Waals surface area contributed by atoms with Gasteiger partial charge in [-0.25, -0.2) is 4.79 Å². The summed E-state index contributed by atoms with van der Waals surface area (Å²) in [5.41, 5.74) is -0.0416. The summed E-state index contributed by atoms with van der Waals surface area (Å²) in [6.45, 7) is 6.05. The zero-order chi connectivity index (χ0) is 14.8. The lowest BCUT2D eigenvalue weighted by Gasteiger charge is -2.10. The molecule has 20 heavy (non-hydrogen) atoms. The Morgan fingerprint density at radius 3 is 2.75 bits per heavy atom. The fourth-order valence-electron chi connectivity index (χ4n) is 1.48. The van der Waals surface area contributed by atoms with Crippen LogP contribution in [0.3, 0.4) is 0 Å². The molecule has 0 unspecified atom stereocenters. The first-order chi connectivity index (χ1) is 9.36. The third-order valence-electron chi connectivity index (χ3n) is 2.56. The van der Waals surface area contributed by atoms with Crippen molar-refractivity contribution in [1.82, 2.24) is 10.1 Å². The average molecular weight is 276 g/mol. The summed E-state index contributed by atoms with van der Waals surface area (Å²) in [4.78, 5) is 15.1. The van der Waals surface area contributed by atoms with Gasteiger partial charge in [-0.15, -0.1) is 0 Å². The van der Waals surface area contributed by atoms with Gasteiger partial charge < -0.3 is 14.4 Å². The summed E-state index contributed by atoms with van der Waals surface area (Å²) >= 11 is 0. The third kappa shape index (κ3) is 3.34. The number of hydrogen-bond donors (Lipinski definition) is 1. The fourth-order valence-corrected chi connectivity index (χ4v) is 1.48. The van der Waals surface area contributed by atoms with Gasteiger partial charge in [0, 0.05) is 5.41 Å². The van der Waals surface area contributed by atoms with Crippen LogP contribution in [0.4, 0.5) is 0 Å². The van der Waals surface area contributed by atoms with Gasteiger partial charge in [0.25, 0.3) is 0 Å². The maximum atomic E-state index is 10.8. The van der Waals surface area contributed by atoms with Gasteiger partial charge in [-0.3, -0.25) is 0 Å². The Balaban J connectivity index is 2.04. The summed E-state index contributed by atoms with van der Waals surface area (Å²) in [5, 5.41) is 12.7. The summed E-state index contributed by atoms with van der Waals surface area (Å²) in [7, 11) is 0. The minimum atomic E-state index is -0.995. The van der Waals surface area contributed by atoms with Crippen LogP contribution in [-0.4, -0.2) is 21.2 Å². The van der Waals surface area contributed by atoms with Gasteiger partial charge in [0.1, 0.15) is 5.75 Å². The van der Waals surface area contributed by atoms with E-state index in [4.69, 9.17) is 14.4 Å². The van der Waals surface area contributed by atoms with Crippen LogP contribution in [0, 0.1) is 0 Å². The largest absolute Gasteiger partial charge is 0.485 e. The molecule has 0 saturated heterocycles. The molecule has 0 atom stereocenters. The molecule has 0 spiro atoms. The Morgan fingerprint density at radius 1 is 1.40 bits per heavy atom. The molecule has 6 heteroatoms. The lowest BCUT2D eigenvalue weighted by molar-refractivity contribution is 0.0696. The van der Waals surface area contributed by atoms with E-state index in [1.165, 1.54) is 12.1 Å². The standard InChI is InChI=1S/C14H16N2O4/c1-14(2,3)13-15-11(16-20-13)8-19-10-6-4-5-9(7-10)12(17)18/h4-7H,8H2,1-3H3,(H,17,18). The van der Waals surface area contributed by atoms with Gasteiger partial charge in [-0.2, -0.15) is 4.98 Å². The molecule has 0 fully saturated rings. The topological polar surface area (TPSA) is 85.5 Å². The molecule has 106 valence electrons. The van der Waals surface area contributed by atoms with E-state index in [1.54, 1.807) is 12.1 Å². The molecule has 0 aliphatic carbocycles. The number of nitrogens with zero attached hydrogens (tertiary/aromatic N) is 2. The van der Waals surface area contributed by atoms with Crippen molar-refractivity contribution in [3.8, 4) is 5.75 Å². The number of rotatable bonds is 4. The predicted molar refractivity (Wildman–Crippen MR) is 70.7 cm³/mol. The van der Waals surface area contributed by atoms with E-state index in [-0.39, 0.29) is 17.6 Å². The first-order valence-electron chi connectivity index (χ1n) is 6.15. The van der Waals surface area contributed by atoms with E-state index < -0.39 is 5.97 Å². The first-order valence-corrected chi connectivity index (χ1v) is 6.15. The number of carboxylic acids is 1. The molecule has 6 nitrogen and oxygen atoms in total. The van der Waals surface area contributed by atoms with Crippen molar-refractivity contribution in [2.45, 2.75) is 32.8 Å². The fraction of sp³-hybridized carbons (Fsp3) is 0.357. The van der Waals surface area contributed by atoms with Crippen LogP contribution in [0.2, 0.25) is 0 Å². The molecule has 0 aliphatic rings. The quantitative estimate of drug-likeness (QED) is 0.923. The maximum absolute atomic E-state index is 10.8. The van der Waals surface area contributed by atoms with Crippen molar-refractivity contribution < 1.29 is 19.2 Å². The van der Waals surface area contributed by atoms with E-state index in [0.717, 1.165) is 0 Å². The van der Waals surface area contributed by atoms with E-state index in [0.29, 0.717) is 17.5 Å². The highest BCUT2D eigenvalue weighted by molar-refractivity contribution is 5.87. The highest BCUT2D eigenvalue weighted by Gasteiger charge is 2.21. The summed E-state index contributed by atoms with van der Waals surface area (Å²) in [5.74, 6) is 0.420. The second-order valence-corrected chi connectivity index (χ2v) is 5.39. The van der Waals surface area contributed by atoms with E-state index in [1.807, 2.05) is 20.8 Å². The first kappa shape index (κ1) is 14.0. The van der Waals surface area contributed by atoms with E-state index >= 15 is 0 Å². The lowest BCUT2D eigenvalue weighted by atomic mass is 9.97. The zero-order valence-corrected chi connectivity index (χ0v) is 11.6. The molecular weight excluding hydrogens is 260 g/mol. The van der Waals surface area contributed by atoms with Gasteiger partial charge in [0.2, 0.25) is 11.7 Å². The molecule has 2 rings (SSSR count). The second-order valence-electron chi connectivity index (χ2n) is 5.39. The van der Waals surface area contributed by atoms with Gasteiger partial charge in [-0.05, 0) is 18.2 Å². The molecule has 1 N–H and O–H groups in total. The van der Waals surface area contributed by atoms with Crippen LogP contribution >= 0.6 is 0 Å². The van der Waals surface area contributed by atoms with Crippen molar-refractivity contribution >= 4 is 5.97 Å². The smallest absolute Gasteiger partial charge is 0.335 e. The second kappa shape index (κ2) is 5.32. The van der Waals surface area contributed by atoms with E-state index in [9.17, 15) is 4.79 Å². The molecule has 0 radical (unpaired) electrons. The van der Waals surface area contributed by atoms with Crippen LogP contribution < -0.4 is 4.74 Å². The zero-order valence-electron chi connectivity index (χ0n) is 11.6. The Kier molecular flexibility index (Phi) is 3.74. The highest BCUT2D eigenvalue weighted by atomic mass is 16.5. The SMILES string of the molecule is CC(C)(C)c1nc(COc2cccc(C(=O)O)c2)no1. The number of benzene rings is 1. The average Bonchev–Trinajstić information content (AvgIpc) is 2.85. The lowest BCUT2D eigenvalue weighted by Crippen LogP contribution is -2.11. The normalized spacial score (nSPS) is 11.3. The van der Waals surface area contributed by atoms with Crippen LogP contribution in [0.15, 0.2) is 28.8 Å². The maximum Gasteiger partial charge on any atom is 0.335 e. The van der Waals surface area contributed by atoms with Crippen molar-refractivity contribution in [2.24, 2.45) is 0 Å². The molecule has 1 heterocycles. The molecule has 1 aromatic heterocycles. The Bertz CT molecular complexity index is 614. The van der Waals surface area contributed by atoms with Gasteiger partial charge in [-0.1, -0.05) is 32.0 Å². The molecular formula is C14H16N2O4. The number of carbonyl (C=O) groups is 1. The Morgan fingerprint density at radius 2 is 2.15 bits per heavy atom. The number of hydrogen-bond acceptors (Lipinski definition) is 5. The summed E-state index contributed by atoms with van der Waals surface area (Å²) in [6, 6.07) is 6.25. The van der Waals surface area contributed by atoms with Crippen molar-refractivity contribution in [1.29, 1.82) is 0 Å². The highest BCUT2D eigenvalue weighted by Crippen LogP contribution is 2.20. The van der Waals surface area contributed by atoms with Crippen LogP contribution in [0.25, 0.3) is 0 Å². The molecule has 0 bridgehead atoms. The van der Waals surface area contributed by atoms with E-state index in [2.05, 4.69) is 10.1 Å². The third-order valence-corrected chi connectivity index (χ3v) is 2.56. The van der Waals surface area contributed by atoms with Crippen molar-refractivity contribution in [3.63, 3.8) is 0 Å². The van der Waals surface area contributed by atoms with Gasteiger partial charge in [0.05, 0.1) is 5.56 Å². The minimum absolute atomic E-state index is 0.128. The predicted octanol–water partition coefficient (Wildman–Crippen LogP) is 2.64. The number of carboxylic acid groups (broad SMARTS) is 1. The van der Waals surface area contributed by atoms with Crippen LogP contribution in [0.1, 0.15) is 42.8 Å². The molecule has 0 saturated carbocycles. The van der Waals surface area contributed by atoms with Crippen molar-refractivity contribution in [2.75, 3.05) is 0 Å². The minimum Gasteiger partial charge on any atom is -0.485 e. The van der Waals surface area contributed by atoms with Gasteiger partial charge >= 0.3 is 5.97 Å². The molecule has 1 aromatic carbocycles. The van der Waals surface area contributed by atoms with Crippen LogP contribution in [0.5, 0.6) is 5.75 Å². The summed E-state index contributed by atoms with van der Waals surface area (Å²) in [6.07, 6.45) is 0. The molecule has 0 aliphatic heterocycles. The Labute approximate surface area is 116 Å². The molecule has 2 aromatic rings.